The van der Waals surface area contributed by atoms with Crippen molar-refractivity contribution in [1.29, 1.82) is 0 Å². The van der Waals surface area contributed by atoms with Crippen LogP contribution in [0.1, 0.15) is 25.3 Å². The van der Waals surface area contributed by atoms with E-state index in [0.717, 1.165) is 4.47 Å². The van der Waals surface area contributed by atoms with Gasteiger partial charge < -0.3 is 5.11 Å². The van der Waals surface area contributed by atoms with Crippen LogP contribution in [0.2, 0.25) is 0 Å². The van der Waals surface area contributed by atoms with Gasteiger partial charge in [-0.25, -0.2) is 4.98 Å². The van der Waals surface area contributed by atoms with Crippen molar-refractivity contribution >= 4 is 32.5 Å². The maximum absolute atomic E-state index is 11.1. The van der Waals surface area contributed by atoms with Crippen molar-refractivity contribution in [3.05, 3.63) is 44.5 Å². The monoisotopic (exact) mass is 324 g/mol. The minimum absolute atomic E-state index is 0.0565. The normalized spacial score (nSPS) is 14.3. The summed E-state index contributed by atoms with van der Waals surface area (Å²) in [6.07, 6.45) is 0.577. The molecule has 6 heteroatoms. The van der Waals surface area contributed by atoms with Gasteiger partial charge in [0.25, 0.3) is 5.69 Å². The van der Waals surface area contributed by atoms with Gasteiger partial charge in [0, 0.05) is 21.3 Å². The Labute approximate surface area is 118 Å². The molecule has 0 bridgehead atoms. The molecule has 0 saturated heterocycles. The number of aliphatic hydroxyl groups excluding tert-OH is 1. The molecule has 0 amide bonds. The number of nitrogens with zero attached hydrogens (tertiary/aromatic N) is 2. The minimum Gasteiger partial charge on any atom is -0.393 e. The van der Waals surface area contributed by atoms with E-state index in [-0.39, 0.29) is 11.6 Å². The van der Waals surface area contributed by atoms with E-state index in [9.17, 15) is 15.2 Å². The molecule has 0 radical (unpaired) electrons. The Hall–Kier alpha value is -1.53. The van der Waals surface area contributed by atoms with Crippen molar-refractivity contribution in [3.8, 4) is 0 Å². The Bertz CT molecular complexity index is 643. The molecule has 0 spiro atoms. The highest BCUT2D eigenvalue weighted by molar-refractivity contribution is 9.10. The van der Waals surface area contributed by atoms with Gasteiger partial charge >= 0.3 is 0 Å². The summed E-state index contributed by atoms with van der Waals surface area (Å²) in [5, 5.41) is 21.6. The van der Waals surface area contributed by atoms with Gasteiger partial charge in [0.15, 0.2) is 0 Å². The maximum Gasteiger partial charge on any atom is 0.291 e. The number of pyridine rings is 1. The molecule has 2 atom stereocenters. The number of hydrogen-bond donors (Lipinski definition) is 1. The van der Waals surface area contributed by atoms with Crippen LogP contribution < -0.4 is 0 Å². The molecule has 0 aliphatic rings. The highest BCUT2D eigenvalue weighted by Crippen LogP contribution is 2.35. The lowest BCUT2D eigenvalue weighted by atomic mass is 9.92. The van der Waals surface area contributed by atoms with Crippen LogP contribution in [-0.4, -0.2) is 21.1 Å². The predicted molar refractivity (Wildman–Crippen MR) is 76.2 cm³/mol. The zero-order valence-corrected chi connectivity index (χ0v) is 12.1. The molecule has 1 N–H and O–H groups in total. The van der Waals surface area contributed by atoms with E-state index in [1.807, 2.05) is 6.07 Å². The zero-order chi connectivity index (χ0) is 14.2. The van der Waals surface area contributed by atoms with Crippen LogP contribution in [-0.2, 0) is 0 Å². The van der Waals surface area contributed by atoms with E-state index in [2.05, 4.69) is 20.9 Å². The third-order valence-electron chi connectivity index (χ3n) is 3.23. The summed E-state index contributed by atoms with van der Waals surface area (Å²) in [6.45, 7) is 3.39. The summed E-state index contributed by atoms with van der Waals surface area (Å²) in [5.41, 5.74) is 1.14. The van der Waals surface area contributed by atoms with E-state index in [1.54, 1.807) is 26.0 Å². The van der Waals surface area contributed by atoms with Gasteiger partial charge in [0.1, 0.15) is 6.20 Å². The highest BCUT2D eigenvalue weighted by Gasteiger charge is 2.25. The lowest BCUT2D eigenvalue weighted by Crippen LogP contribution is -2.13. The molecule has 100 valence electrons. The number of aromatic nitrogens is 1. The topological polar surface area (TPSA) is 76.3 Å². The Morgan fingerprint density at radius 1 is 1.42 bits per heavy atom. The summed E-state index contributed by atoms with van der Waals surface area (Å²) in [4.78, 5) is 14.8. The Morgan fingerprint density at radius 2 is 2.11 bits per heavy atom. The standard InChI is InChI=1S/C13H13BrN2O3/c1-7(8(2)17)13-10-5-9(14)3-4-11(10)15-6-12(13)16(18)19/h3-8,17H,1-2H3. The number of nitro groups is 1. The first kappa shape index (κ1) is 13.9. The van der Waals surface area contributed by atoms with Crippen LogP contribution >= 0.6 is 15.9 Å². The van der Waals surface area contributed by atoms with Crippen molar-refractivity contribution in [2.45, 2.75) is 25.9 Å². The molecule has 5 nitrogen and oxygen atoms in total. The van der Waals surface area contributed by atoms with Gasteiger partial charge in [0.05, 0.1) is 16.5 Å². The number of halogens is 1. The van der Waals surface area contributed by atoms with Crippen LogP contribution in [0.25, 0.3) is 10.9 Å². The van der Waals surface area contributed by atoms with Gasteiger partial charge in [-0.15, -0.1) is 0 Å². The van der Waals surface area contributed by atoms with Crippen LogP contribution in [0.3, 0.4) is 0 Å². The van der Waals surface area contributed by atoms with Crippen molar-refractivity contribution in [2.24, 2.45) is 0 Å². The Kier molecular flexibility index (Phi) is 3.82. The van der Waals surface area contributed by atoms with Gasteiger partial charge in [-0.1, -0.05) is 22.9 Å². The average Bonchev–Trinajstić information content (AvgIpc) is 2.36. The zero-order valence-electron chi connectivity index (χ0n) is 10.5. The van der Waals surface area contributed by atoms with E-state index >= 15 is 0 Å². The SMILES string of the molecule is CC(O)C(C)c1c([N+](=O)[O-])cnc2ccc(Br)cc12. The Morgan fingerprint density at radius 3 is 2.68 bits per heavy atom. The molecule has 1 aromatic carbocycles. The fraction of sp³-hybridized carbons (Fsp3) is 0.308. The summed E-state index contributed by atoms with van der Waals surface area (Å²) in [5.74, 6) is -0.347. The second-order valence-corrected chi connectivity index (χ2v) is 5.42. The molecule has 19 heavy (non-hydrogen) atoms. The maximum atomic E-state index is 11.1. The average molecular weight is 325 g/mol. The van der Waals surface area contributed by atoms with Crippen molar-refractivity contribution < 1.29 is 10.0 Å². The van der Waals surface area contributed by atoms with E-state index < -0.39 is 11.0 Å². The first-order chi connectivity index (χ1) is 8.91. The number of fused-ring (bicyclic) bond motifs is 1. The molecule has 2 aromatic rings. The molecule has 1 aromatic heterocycles. The molecule has 2 rings (SSSR count). The lowest BCUT2D eigenvalue weighted by molar-refractivity contribution is -0.386. The first-order valence-corrected chi connectivity index (χ1v) is 6.61. The fourth-order valence-corrected chi connectivity index (χ4v) is 2.40. The highest BCUT2D eigenvalue weighted by atomic mass is 79.9. The van der Waals surface area contributed by atoms with Gasteiger partial charge in [-0.05, 0) is 25.1 Å². The summed E-state index contributed by atoms with van der Waals surface area (Å²) in [6, 6.07) is 5.42. The van der Waals surface area contributed by atoms with Gasteiger partial charge in [0.2, 0.25) is 0 Å². The van der Waals surface area contributed by atoms with Crippen LogP contribution in [0.5, 0.6) is 0 Å². The first-order valence-electron chi connectivity index (χ1n) is 5.82. The fourth-order valence-electron chi connectivity index (χ4n) is 2.04. The molecule has 0 saturated carbocycles. The summed E-state index contributed by atoms with van der Waals surface area (Å²) < 4.78 is 0.821. The molecule has 0 fully saturated rings. The second-order valence-electron chi connectivity index (χ2n) is 4.50. The molecule has 1 heterocycles. The molecule has 2 unspecified atom stereocenters. The van der Waals surface area contributed by atoms with Crippen molar-refractivity contribution in [1.82, 2.24) is 4.98 Å². The number of hydrogen-bond acceptors (Lipinski definition) is 4. The predicted octanol–water partition coefficient (Wildman–Crippen LogP) is 3.39. The van der Waals surface area contributed by atoms with E-state index in [0.29, 0.717) is 16.5 Å². The number of aliphatic hydroxyl groups is 1. The third-order valence-corrected chi connectivity index (χ3v) is 3.72. The van der Waals surface area contributed by atoms with Crippen LogP contribution in [0, 0.1) is 10.1 Å². The molecule has 0 aliphatic heterocycles. The van der Waals surface area contributed by atoms with E-state index in [1.165, 1.54) is 6.20 Å². The van der Waals surface area contributed by atoms with Gasteiger partial charge in [-0.2, -0.15) is 0 Å². The van der Waals surface area contributed by atoms with Crippen molar-refractivity contribution in [3.63, 3.8) is 0 Å². The minimum atomic E-state index is -0.678. The summed E-state index contributed by atoms with van der Waals surface area (Å²) >= 11 is 3.35. The molecule has 0 aliphatic carbocycles. The molecular weight excluding hydrogens is 312 g/mol. The summed E-state index contributed by atoms with van der Waals surface area (Å²) in [7, 11) is 0. The second kappa shape index (κ2) is 5.22. The van der Waals surface area contributed by atoms with Crippen LogP contribution in [0.4, 0.5) is 5.69 Å². The quantitative estimate of drug-likeness (QED) is 0.693. The Balaban J connectivity index is 2.82. The van der Waals surface area contributed by atoms with E-state index in [4.69, 9.17) is 0 Å². The largest absolute Gasteiger partial charge is 0.393 e. The van der Waals surface area contributed by atoms with Gasteiger partial charge in [-0.3, -0.25) is 10.1 Å². The number of benzene rings is 1. The third kappa shape index (κ3) is 2.59. The lowest BCUT2D eigenvalue weighted by Gasteiger charge is -2.17. The van der Waals surface area contributed by atoms with Crippen LogP contribution in [0.15, 0.2) is 28.9 Å². The molecular formula is C13H13BrN2O3. The smallest absolute Gasteiger partial charge is 0.291 e. The number of rotatable bonds is 3. The van der Waals surface area contributed by atoms with Crippen molar-refractivity contribution in [2.75, 3.05) is 0 Å².